The van der Waals surface area contributed by atoms with Gasteiger partial charge in [0.2, 0.25) is 5.28 Å². The third kappa shape index (κ3) is 2.65. The van der Waals surface area contributed by atoms with Gasteiger partial charge in [-0.25, -0.2) is 4.98 Å². The quantitative estimate of drug-likeness (QED) is 0.692. The van der Waals surface area contributed by atoms with Crippen molar-refractivity contribution in [1.82, 2.24) is 19.1 Å². The first-order chi connectivity index (χ1) is 11.1. The van der Waals surface area contributed by atoms with Gasteiger partial charge in [0.15, 0.2) is 11.2 Å². The summed E-state index contributed by atoms with van der Waals surface area (Å²) in [4.78, 5) is 21.5. The van der Waals surface area contributed by atoms with Gasteiger partial charge in [-0.2, -0.15) is 4.98 Å². The second-order valence-electron chi connectivity index (χ2n) is 6.16. The molecule has 1 aliphatic carbocycles. The monoisotopic (exact) mass is 328 g/mol. The summed E-state index contributed by atoms with van der Waals surface area (Å²) < 4.78 is 3.38. The predicted octanol–water partition coefficient (Wildman–Crippen LogP) is 2.78. The molecule has 0 saturated heterocycles. The number of hydrogen-bond acceptors (Lipinski definition) is 3. The zero-order valence-corrected chi connectivity index (χ0v) is 13.6. The van der Waals surface area contributed by atoms with Crippen molar-refractivity contribution in [3.05, 3.63) is 57.4 Å². The second kappa shape index (κ2) is 5.49. The van der Waals surface area contributed by atoms with Crippen molar-refractivity contribution in [1.29, 1.82) is 0 Å². The van der Waals surface area contributed by atoms with E-state index >= 15 is 0 Å². The van der Waals surface area contributed by atoms with Gasteiger partial charge in [-0.3, -0.25) is 9.36 Å². The van der Waals surface area contributed by atoms with E-state index in [9.17, 15) is 4.79 Å². The lowest BCUT2D eigenvalue weighted by molar-refractivity contribution is 0.688. The molecular weight excluding hydrogens is 312 g/mol. The highest BCUT2D eigenvalue weighted by molar-refractivity contribution is 6.28. The first-order valence-corrected chi connectivity index (χ1v) is 8.17. The Morgan fingerprint density at radius 1 is 1.22 bits per heavy atom. The maximum Gasteiger partial charge on any atom is 0.280 e. The molecule has 6 heteroatoms. The summed E-state index contributed by atoms with van der Waals surface area (Å²) >= 11 is 6.04. The van der Waals surface area contributed by atoms with E-state index in [2.05, 4.69) is 22.1 Å². The van der Waals surface area contributed by atoms with Crippen molar-refractivity contribution in [2.75, 3.05) is 0 Å². The zero-order valence-electron chi connectivity index (χ0n) is 12.9. The summed E-state index contributed by atoms with van der Waals surface area (Å²) in [6, 6.07) is 10.1. The van der Waals surface area contributed by atoms with Crippen LogP contribution in [0.1, 0.15) is 24.2 Å². The Bertz CT molecular complexity index is 925. The molecule has 0 N–H and O–H groups in total. The van der Waals surface area contributed by atoms with Gasteiger partial charge in [-0.15, -0.1) is 0 Å². The van der Waals surface area contributed by atoms with E-state index in [1.807, 2.05) is 22.8 Å². The Hall–Kier alpha value is -2.14. The second-order valence-corrected chi connectivity index (χ2v) is 6.50. The van der Waals surface area contributed by atoms with Crippen LogP contribution in [0.3, 0.4) is 0 Å². The highest BCUT2D eigenvalue weighted by atomic mass is 35.5. The number of imidazole rings is 1. The van der Waals surface area contributed by atoms with Crippen molar-refractivity contribution in [2.24, 2.45) is 13.0 Å². The summed E-state index contributed by atoms with van der Waals surface area (Å²) in [7, 11) is 1.64. The topological polar surface area (TPSA) is 52.7 Å². The average Bonchev–Trinajstić information content (AvgIpc) is 3.30. The van der Waals surface area contributed by atoms with Crippen LogP contribution in [0, 0.1) is 5.92 Å². The standard InChI is InChI=1S/C17H17ClN4O/c1-21-16(23)14-15(20-17(21)18)19-13(9-11-7-8-11)22(14)10-12-5-3-2-4-6-12/h2-6,11H,7-10H2,1H3. The molecule has 5 nitrogen and oxygen atoms in total. The molecule has 0 radical (unpaired) electrons. The van der Waals surface area contributed by atoms with Crippen LogP contribution in [0.5, 0.6) is 0 Å². The van der Waals surface area contributed by atoms with Gasteiger partial charge in [-0.05, 0) is 35.9 Å². The van der Waals surface area contributed by atoms with Crippen LogP contribution in [0.2, 0.25) is 5.28 Å². The lowest BCUT2D eigenvalue weighted by Crippen LogP contribution is -2.21. The third-order valence-corrected chi connectivity index (χ3v) is 4.70. The molecule has 23 heavy (non-hydrogen) atoms. The Balaban J connectivity index is 1.90. The van der Waals surface area contributed by atoms with Crippen molar-refractivity contribution in [2.45, 2.75) is 25.8 Å². The van der Waals surface area contributed by atoms with Crippen LogP contribution >= 0.6 is 11.6 Å². The molecule has 2 aromatic heterocycles. The molecule has 0 atom stereocenters. The number of halogens is 1. The molecule has 2 heterocycles. The van der Waals surface area contributed by atoms with Crippen LogP contribution in [0.15, 0.2) is 35.1 Å². The van der Waals surface area contributed by atoms with Crippen LogP contribution in [0.25, 0.3) is 11.2 Å². The van der Waals surface area contributed by atoms with E-state index < -0.39 is 0 Å². The first kappa shape index (κ1) is 14.5. The number of fused-ring (bicyclic) bond motifs is 1. The van der Waals surface area contributed by atoms with Crippen molar-refractivity contribution in [3.8, 4) is 0 Å². The lowest BCUT2D eigenvalue weighted by atomic mass is 10.2. The van der Waals surface area contributed by atoms with Crippen LogP contribution < -0.4 is 5.56 Å². The van der Waals surface area contributed by atoms with Gasteiger partial charge in [0, 0.05) is 20.0 Å². The highest BCUT2D eigenvalue weighted by Gasteiger charge is 2.26. The maximum absolute atomic E-state index is 12.7. The minimum atomic E-state index is -0.148. The molecule has 0 spiro atoms. The van der Waals surface area contributed by atoms with Gasteiger partial charge < -0.3 is 4.57 Å². The fraction of sp³-hybridized carbons (Fsp3) is 0.353. The number of benzene rings is 1. The fourth-order valence-corrected chi connectivity index (χ4v) is 3.01. The Morgan fingerprint density at radius 3 is 2.65 bits per heavy atom. The number of rotatable bonds is 4. The van der Waals surface area contributed by atoms with E-state index in [-0.39, 0.29) is 10.8 Å². The minimum absolute atomic E-state index is 0.148. The summed E-state index contributed by atoms with van der Waals surface area (Å²) in [6.07, 6.45) is 3.37. The molecule has 0 aliphatic heterocycles. The lowest BCUT2D eigenvalue weighted by Gasteiger charge is -2.09. The van der Waals surface area contributed by atoms with Crippen molar-refractivity contribution >= 4 is 22.8 Å². The first-order valence-electron chi connectivity index (χ1n) is 7.79. The number of hydrogen-bond donors (Lipinski definition) is 0. The maximum atomic E-state index is 12.7. The van der Waals surface area contributed by atoms with E-state index in [0.717, 1.165) is 17.8 Å². The molecule has 3 aromatic rings. The average molecular weight is 329 g/mol. The van der Waals surface area contributed by atoms with Crippen molar-refractivity contribution in [3.63, 3.8) is 0 Å². The Kier molecular flexibility index (Phi) is 3.45. The van der Waals surface area contributed by atoms with Crippen LogP contribution in [-0.2, 0) is 20.0 Å². The predicted molar refractivity (Wildman–Crippen MR) is 89.8 cm³/mol. The highest BCUT2D eigenvalue weighted by Crippen LogP contribution is 2.33. The van der Waals surface area contributed by atoms with E-state index in [0.29, 0.717) is 23.6 Å². The fourth-order valence-electron chi connectivity index (χ4n) is 2.85. The van der Waals surface area contributed by atoms with Crippen LogP contribution in [0.4, 0.5) is 0 Å². The van der Waals surface area contributed by atoms with Gasteiger partial charge in [0.05, 0.1) is 0 Å². The normalized spacial score (nSPS) is 14.5. The van der Waals surface area contributed by atoms with Gasteiger partial charge in [0.1, 0.15) is 5.82 Å². The summed E-state index contributed by atoms with van der Waals surface area (Å²) in [5.41, 5.74) is 1.98. The molecule has 0 unspecified atom stereocenters. The molecule has 0 amide bonds. The summed E-state index contributed by atoms with van der Waals surface area (Å²) in [6.45, 7) is 0.623. The molecule has 1 aromatic carbocycles. The van der Waals surface area contributed by atoms with E-state index in [4.69, 9.17) is 11.6 Å². The molecule has 1 fully saturated rings. The van der Waals surface area contributed by atoms with Gasteiger partial charge >= 0.3 is 0 Å². The summed E-state index contributed by atoms with van der Waals surface area (Å²) in [5, 5.41) is 0.171. The number of nitrogens with zero attached hydrogens (tertiary/aromatic N) is 4. The Labute approximate surface area is 138 Å². The molecule has 1 aliphatic rings. The number of aromatic nitrogens is 4. The van der Waals surface area contributed by atoms with Gasteiger partial charge in [-0.1, -0.05) is 30.3 Å². The summed E-state index contributed by atoms with van der Waals surface area (Å²) in [5.74, 6) is 1.61. The van der Waals surface area contributed by atoms with E-state index in [1.165, 1.54) is 17.4 Å². The third-order valence-electron chi connectivity index (χ3n) is 4.36. The Morgan fingerprint density at radius 2 is 1.96 bits per heavy atom. The molecule has 118 valence electrons. The van der Waals surface area contributed by atoms with Crippen molar-refractivity contribution < 1.29 is 0 Å². The molecule has 1 saturated carbocycles. The zero-order chi connectivity index (χ0) is 16.0. The smallest absolute Gasteiger partial charge is 0.280 e. The molecular formula is C17H17ClN4O. The minimum Gasteiger partial charge on any atom is -0.318 e. The largest absolute Gasteiger partial charge is 0.318 e. The molecule has 4 rings (SSSR count). The van der Waals surface area contributed by atoms with Gasteiger partial charge in [0.25, 0.3) is 5.56 Å². The SMILES string of the molecule is Cn1c(Cl)nc2nc(CC3CC3)n(Cc3ccccc3)c2c1=O. The van der Waals surface area contributed by atoms with Crippen LogP contribution in [-0.4, -0.2) is 19.1 Å². The van der Waals surface area contributed by atoms with E-state index in [1.54, 1.807) is 7.05 Å². The molecule has 0 bridgehead atoms.